The van der Waals surface area contributed by atoms with Gasteiger partial charge in [-0.25, -0.2) is 4.39 Å². The highest BCUT2D eigenvalue weighted by Gasteiger charge is 2.27. The number of halogens is 1. The minimum atomic E-state index is -0.426. The summed E-state index contributed by atoms with van der Waals surface area (Å²) >= 11 is 0. The van der Waals surface area contributed by atoms with Crippen molar-refractivity contribution in [3.8, 4) is 0 Å². The van der Waals surface area contributed by atoms with Crippen LogP contribution < -0.4 is 0 Å². The van der Waals surface area contributed by atoms with Gasteiger partial charge in [0, 0.05) is 49.7 Å². The van der Waals surface area contributed by atoms with E-state index in [2.05, 4.69) is 0 Å². The fourth-order valence-corrected chi connectivity index (χ4v) is 3.57. The monoisotopic (exact) mass is 365 g/mol. The molecule has 1 fully saturated rings. The number of rotatable bonds is 2. The summed E-state index contributed by atoms with van der Waals surface area (Å²) < 4.78 is 15.3. The van der Waals surface area contributed by atoms with E-state index < -0.39 is 5.82 Å². The molecular formula is C21H20FN3O2. The Hall–Kier alpha value is -3.15. The van der Waals surface area contributed by atoms with Crippen LogP contribution in [0.5, 0.6) is 0 Å². The molecule has 1 saturated heterocycles. The number of benzene rings is 2. The number of hydrogen-bond donors (Lipinski definition) is 0. The van der Waals surface area contributed by atoms with Crippen molar-refractivity contribution in [3.63, 3.8) is 0 Å². The van der Waals surface area contributed by atoms with Gasteiger partial charge in [-0.3, -0.25) is 9.59 Å². The van der Waals surface area contributed by atoms with Gasteiger partial charge in [0.05, 0.1) is 0 Å². The van der Waals surface area contributed by atoms with Crippen molar-refractivity contribution in [2.24, 2.45) is 7.05 Å². The van der Waals surface area contributed by atoms with E-state index >= 15 is 0 Å². The molecule has 3 aromatic rings. The molecule has 0 N–H and O–H groups in total. The zero-order chi connectivity index (χ0) is 19.0. The first-order chi connectivity index (χ1) is 13.0. The minimum absolute atomic E-state index is 0.0356. The van der Waals surface area contributed by atoms with Gasteiger partial charge in [-0.05, 0) is 30.3 Å². The first-order valence-corrected chi connectivity index (χ1v) is 8.93. The molecule has 27 heavy (non-hydrogen) atoms. The summed E-state index contributed by atoms with van der Waals surface area (Å²) in [5, 5.41) is 1.03. The Labute approximate surface area is 156 Å². The molecule has 0 atom stereocenters. The third kappa shape index (κ3) is 3.18. The van der Waals surface area contributed by atoms with E-state index in [9.17, 15) is 14.0 Å². The molecule has 1 aliphatic rings. The third-order valence-corrected chi connectivity index (χ3v) is 5.10. The summed E-state index contributed by atoms with van der Waals surface area (Å²) in [4.78, 5) is 28.9. The number of carbonyl (C=O) groups is 2. The molecule has 0 unspecified atom stereocenters. The normalized spacial score (nSPS) is 14.6. The minimum Gasteiger partial charge on any atom is -0.340 e. The molecule has 1 aromatic heterocycles. The number of piperazine rings is 1. The molecule has 5 nitrogen and oxygen atoms in total. The van der Waals surface area contributed by atoms with Gasteiger partial charge < -0.3 is 14.4 Å². The number of para-hydroxylation sites is 1. The maximum atomic E-state index is 13.4. The molecule has 138 valence electrons. The highest BCUT2D eigenvalue weighted by Crippen LogP contribution is 2.20. The van der Waals surface area contributed by atoms with Crippen LogP contribution in [-0.2, 0) is 7.05 Å². The molecule has 6 heteroatoms. The molecular weight excluding hydrogens is 345 g/mol. The molecule has 2 aromatic carbocycles. The van der Waals surface area contributed by atoms with Crippen molar-refractivity contribution in [3.05, 3.63) is 71.7 Å². The number of amides is 2. The second-order valence-electron chi connectivity index (χ2n) is 6.74. The Morgan fingerprint density at radius 1 is 0.852 bits per heavy atom. The summed E-state index contributed by atoms with van der Waals surface area (Å²) in [6.45, 7) is 1.79. The fourth-order valence-electron chi connectivity index (χ4n) is 3.57. The van der Waals surface area contributed by atoms with Crippen molar-refractivity contribution in [2.45, 2.75) is 0 Å². The van der Waals surface area contributed by atoms with Gasteiger partial charge in [-0.1, -0.05) is 24.3 Å². The van der Waals surface area contributed by atoms with Crippen molar-refractivity contribution in [1.82, 2.24) is 14.4 Å². The van der Waals surface area contributed by atoms with Crippen molar-refractivity contribution < 1.29 is 14.0 Å². The van der Waals surface area contributed by atoms with Gasteiger partial charge in [-0.2, -0.15) is 0 Å². The average molecular weight is 365 g/mol. The predicted octanol–water partition coefficient (Wildman–Crippen LogP) is 2.92. The van der Waals surface area contributed by atoms with Crippen LogP contribution in [0.2, 0.25) is 0 Å². The number of nitrogens with zero attached hydrogens (tertiary/aromatic N) is 3. The summed E-state index contributed by atoms with van der Waals surface area (Å²) in [6, 6.07) is 15.5. The SMILES string of the molecule is Cn1c(C(=O)N2CCN(C(=O)c3cccc(F)c3)CC2)cc2ccccc21. The van der Waals surface area contributed by atoms with Gasteiger partial charge in [0.25, 0.3) is 11.8 Å². The van der Waals surface area contributed by atoms with E-state index in [1.807, 2.05) is 41.9 Å². The molecule has 0 saturated carbocycles. The van der Waals surface area contributed by atoms with E-state index in [0.717, 1.165) is 10.9 Å². The van der Waals surface area contributed by atoms with E-state index in [4.69, 9.17) is 0 Å². The lowest BCUT2D eigenvalue weighted by molar-refractivity contribution is 0.0530. The van der Waals surface area contributed by atoms with Crippen LogP contribution in [0.25, 0.3) is 10.9 Å². The molecule has 0 bridgehead atoms. The fraction of sp³-hybridized carbons (Fsp3) is 0.238. The molecule has 2 heterocycles. The van der Waals surface area contributed by atoms with Crippen LogP contribution in [0.4, 0.5) is 4.39 Å². The van der Waals surface area contributed by atoms with Crippen LogP contribution in [0.3, 0.4) is 0 Å². The zero-order valence-corrected chi connectivity index (χ0v) is 15.1. The molecule has 0 spiro atoms. The lowest BCUT2D eigenvalue weighted by Crippen LogP contribution is -2.50. The standard InChI is InChI=1S/C21H20FN3O2/c1-23-18-8-3-2-5-15(18)14-19(23)21(27)25-11-9-24(10-12-25)20(26)16-6-4-7-17(22)13-16/h2-8,13-14H,9-12H2,1H3. The Balaban J connectivity index is 1.46. The van der Waals surface area contributed by atoms with Crippen molar-refractivity contribution in [1.29, 1.82) is 0 Å². The average Bonchev–Trinajstić information content (AvgIpc) is 3.04. The third-order valence-electron chi connectivity index (χ3n) is 5.10. The second kappa shape index (κ2) is 6.87. The maximum absolute atomic E-state index is 13.4. The molecule has 1 aliphatic heterocycles. The Morgan fingerprint density at radius 3 is 2.19 bits per heavy atom. The molecule has 0 radical (unpaired) electrons. The molecule has 0 aliphatic carbocycles. The van der Waals surface area contributed by atoms with E-state index in [1.165, 1.54) is 18.2 Å². The van der Waals surface area contributed by atoms with Gasteiger partial charge in [-0.15, -0.1) is 0 Å². The highest BCUT2D eigenvalue weighted by atomic mass is 19.1. The predicted molar refractivity (Wildman–Crippen MR) is 101 cm³/mol. The summed E-state index contributed by atoms with van der Waals surface area (Å²) in [5.41, 5.74) is 1.99. The number of fused-ring (bicyclic) bond motifs is 1. The van der Waals surface area contributed by atoms with Gasteiger partial charge >= 0.3 is 0 Å². The Bertz CT molecular complexity index is 1020. The summed E-state index contributed by atoms with van der Waals surface area (Å²) in [7, 11) is 1.89. The largest absolute Gasteiger partial charge is 0.340 e. The van der Waals surface area contributed by atoms with Gasteiger partial charge in [0.2, 0.25) is 0 Å². The van der Waals surface area contributed by atoms with Crippen molar-refractivity contribution in [2.75, 3.05) is 26.2 Å². The topological polar surface area (TPSA) is 45.6 Å². The summed E-state index contributed by atoms with van der Waals surface area (Å²) in [6.07, 6.45) is 0. The Kier molecular flexibility index (Phi) is 4.39. The van der Waals surface area contributed by atoms with Crippen LogP contribution in [0, 0.1) is 5.82 Å². The van der Waals surface area contributed by atoms with Crippen molar-refractivity contribution >= 4 is 22.7 Å². The number of aryl methyl sites for hydroxylation is 1. The first kappa shape index (κ1) is 17.3. The number of carbonyl (C=O) groups excluding carboxylic acids is 2. The van der Waals surface area contributed by atoms with Gasteiger partial charge in [0.1, 0.15) is 11.5 Å². The number of hydrogen-bond acceptors (Lipinski definition) is 2. The lowest BCUT2D eigenvalue weighted by atomic mass is 10.1. The quantitative estimate of drug-likeness (QED) is 0.701. The van der Waals surface area contributed by atoms with Gasteiger partial charge in [0.15, 0.2) is 0 Å². The second-order valence-corrected chi connectivity index (χ2v) is 6.74. The smallest absolute Gasteiger partial charge is 0.270 e. The van der Waals surface area contributed by atoms with E-state index in [1.54, 1.807) is 15.9 Å². The first-order valence-electron chi connectivity index (χ1n) is 8.93. The highest BCUT2D eigenvalue weighted by molar-refractivity contribution is 5.99. The zero-order valence-electron chi connectivity index (χ0n) is 15.1. The van der Waals surface area contributed by atoms with Crippen LogP contribution in [0.15, 0.2) is 54.6 Å². The summed E-state index contributed by atoms with van der Waals surface area (Å²) in [5.74, 6) is -0.664. The molecule has 4 rings (SSSR count). The van der Waals surface area contributed by atoms with E-state index in [-0.39, 0.29) is 11.8 Å². The van der Waals surface area contributed by atoms with Crippen LogP contribution in [0.1, 0.15) is 20.8 Å². The van der Waals surface area contributed by atoms with E-state index in [0.29, 0.717) is 37.4 Å². The Morgan fingerprint density at radius 2 is 1.52 bits per heavy atom. The van der Waals surface area contributed by atoms with Crippen LogP contribution in [-0.4, -0.2) is 52.4 Å². The maximum Gasteiger partial charge on any atom is 0.270 e. The van der Waals surface area contributed by atoms with Crippen LogP contribution >= 0.6 is 0 Å². The lowest BCUT2D eigenvalue weighted by Gasteiger charge is -2.34. The number of aromatic nitrogens is 1. The molecule has 2 amide bonds.